The first-order valence-corrected chi connectivity index (χ1v) is 9.41. The van der Waals surface area contributed by atoms with E-state index in [4.69, 9.17) is 14.2 Å². The Hall–Kier alpha value is -2.77. The summed E-state index contributed by atoms with van der Waals surface area (Å²) in [6.45, 7) is -0.675. The molecule has 12 nitrogen and oxygen atoms in total. The van der Waals surface area contributed by atoms with Crippen molar-refractivity contribution in [1.29, 1.82) is 0 Å². The van der Waals surface area contributed by atoms with E-state index in [1.54, 1.807) is 30.3 Å². The average Bonchev–Trinajstić information content (AvgIpc) is 2.76. The first-order valence-electron chi connectivity index (χ1n) is 9.41. The number of hydrogen-bond acceptors (Lipinski definition) is 9. The summed E-state index contributed by atoms with van der Waals surface area (Å²) >= 11 is 0. The van der Waals surface area contributed by atoms with E-state index in [0.717, 1.165) is 0 Å². The van der Waals surface area contributed by atoms with E-state index < -0.39 is 67.7 Å². The lowest BCUT2D eigenvalue weighted by Crippen LogP contribution is -2.64. The number of benzene rings is 1. The van der Waals surface area contributed by atoms with Gasteiger partial charge in [0.25, 0.3) is 0 Å². The number of alkyl carbamates (subject to hydrolysis) is 1. The molecule has 1 heterocycles. The van der Waals surface area contributed by atoms with Crippen molar-refractivity contribution in [2.75, 3.05) is 13.7 Å². The Bertz CT molecular complexity index is 744. The number of aliphatic hydroxyl groups excluding tert-OH is 3. The summed E-state index contributed by atoms with van der Waals surface area (Å²) < 4.78 is 15.2. The van der Waals surface area contributed by atoms with Crippen molar-refractivity contribution in [1.82, 2.24) is 10.6 Å². The number of rotatable bonds is 9. The van der Waals surface area contributed by atoms with E-state index in [-0.39, 0.29) is 6.61 Å². The minimum absolute atomic E-state index is 0.0871. The van der Waals surface area contributed by atoms with Crippen molar-refractivity contribution in [3.8, 4) is 0 Å². The van der Waals surface area contributed by atoms with Crippen LogP contribution in [0.15, 0.2) is 30.3 Å². The lowest BCUT2D eigenvalue weighted by molar-refractivity contribution is -0.262. The van der Waals surface area contributed by atoms with Crippen molar-refractivity contribution in [3.63, 3.8) is 0 Å². The van der Waals surface area contributed by atoms with E-state index in [1.165, 1.54) is 7.11 Å². The maximum absolute atomic E-state index is 12.3. The number of aliphatic carboxylic acids is 1. The summed E-state index contributed by atoms with van der Waals surface area (Å²) in [6, 6.07) is 5.86. The highest BCUT2D eigenvalue weighted by Gasteiger charge is 2.45. The highest BCUT2D eigenvalue weighted by atomic mass is 16.7. The van der Waals surface area contributed by atoms with Gasteiger partial charge in [-0.2, -0.15) is 0 Å². The van der Waals surface area contributed by atoms with E-state index in [1.807, 2.05) is 0 Å². The lowest BCUT2D eigenvalue weighted by Gasteiger charge is -2.41. The van der Waals surface area contributed by atoms with E-state index in [9.17, 15) is 34.8 Å². The number of carboxylic acid groups (broad SMARTS) is 1. The molecule has 0 aliphatic carbocycles. The van der Waals surface area contributed by atoms with E-state index in [0.29, 0.717) is 5.56 Å². The molecule has 0 saturated carbocycles. The van der Waals surface area contributed by atoms with E-state index >= 15 is 0 Å². The summed E-state index contributed by atoms with van der Waals surface area (Å²) in [5.74, 6) is -2.34. The van der Waals surface area contributed by atoms with Crippen LogP contribution in [-0.2, 0) is 30.4 Å². The lowest BCUT2D eigenvalue weighted by atomic mass is 9.96. The largest absolute Gasteiger partial charge is 0.480 e. The molecule has 6 N–H and O–H groups in total. The Balaban J connectivity index is 1.92. The minimum atomic E-state index is -1.61. The van der Waals surface area contributed by atoms with Crippen molar-refractivity contribution in [2.24, 2.45) is 0 Å². The second kappa shape index (κ2) is 11.6. The number of carbonyl (C=O) groups is 3. The molecule has 0 spiro atoms. The molecule has 31 heavy (non-hydrogen) atoms. The molecule has 172 valence electrons. The first-order chi connectivity index (χ1) is 14.8. The molecule has 1 aliphatic rings. The zero-order chi connectivity index (χ0) is 23.0. The molecular formula is C19H26N2O10. The van der Waals surface area contributed by atoms with Gasteiger partial charge in [0, 0.05) is 7.11 Å². The molecule has 1 aromatic rings. The van der Waals surface area contributed by atoms with E-state index in [2.05, 4.69) is 10.6 Å². The molecule has 1 aliphatic heterocycles. The van der Waals surface area contributed by atoms with Gasteiger partial charge < -0.3 is 45.3 Å². The molecule has 1 fully saturated rings. The predicted octanol–water partition coefficient (Wildman–Crippen LogP) is -1.67. The number of aliphatic hydroxyl groups is 3. The molecular weight excluding hydrogens is 416 g/mol. The molecule has 0 radical (unpaired) electrons. The van der Waals surface area contributed by atoms with Crippen molar-refractivity contribution in [3.05, 3.63) is 35.9 Å². The topological polar surface area (TPSA) is 184 Å². The van der Waals surface area contributed by atoms with Gasteiger partial charge in [0.2, 0.25) is 5.91 Å². The van der Waals surface area contributed by atoms with Crippen LogP contribution in [-0.4, -0.2) is 88.8 Å². The fourth-order valence-electron chi connectivity index (χ4n) is 2.97. The van der Waals surface area contributed by atoms with Crippen LogP contribution in [0.1, 0.15) is 12.0 Å². The molecule has 1 saturated heterocycles. The van der Waals surface area contributed by atoms with Gasteiger partial charge in [-0.15, -0.1) is 0 Å². The number of ether oxygens (including phenoxy) is 3. The van der Waals surface area contributed by atoms with Gasteiger partial charge in [-0.1, -0.05) is 30.3 Å². The third-order valence-electron chi connectivity index (χ3n) is 4.63. The number of amides is 2. The average molecular weight is 442 g/mol. The number of carbonyl (C=O) groups excluding carboxylic acids is 2. The molecule has 1 aromatic carbocycles. The molecule has 12 heteroatoms. The highest BCUT2D eigenvalue weighted by molar-refractivity contribution is 5.87. The summed E-state index contributed by atoms with van der Waals surface area (Å²) in [6.07, 6.45) is -7.10. The SMILES string of the molecule is CO[C@H]1O[C@@H](CO)[C@H](O)[C@@H](O)[C@@H]1NC(=O)CC(NC(=O)OCc1ccccc1)C(=O)O. The summed E-state index contributed by atoms with van der Waals surface area (Å²) in [4.78, 5) is 35.7. The number of methoxy groups -OCH3 is 1. The maximum atomic E-state index is 12.3. The van der Waals surface area contributed by atoms with Crippen LogP contribution in [0, 0.1) is 0 Å². The Labute approximate surface area is 177 Å². The second-order valence-electron chi connectivity index (χ2n) is 6.84. The molecule has 1 unspecified atom stereocenters. The monoisotopic (exact) mass is 442 g/mol. The zero-order valence-electron chi connectivity index (χ0n) is 16.7. The Morgan fingerprint density at radius 3 is 2.42 bits per heavy atom. The van der Waals surface area contributed by atoms with Gasteiger partial charge in [0.1, 0.15) is 37.0 Å². The van der Waals surface area contributed by atoms with Gasteiger partial charge in [-0.05, 0) is 5.56 Å². The Kier molecular flexibility index (Phi) is 9.15. The van der Waals surface area contributed by atoms with Crippen LogP contribution in [0.4, 0.5) is 4.79 Å². The summed E-state index contributed by atoms with van der Waals surface area (Å²) in [7, 11) is 1.23. The molecule has 2 amide bonds. The van der Waals surface area contributed by atoms with Crippen LogP contribution in [0.5, 0.6) is 0 Å². The number of hydrogen-bond donors (Lipinski definition) is 6. The van der Waals surface area contributed by atoms with Crippen molar-refractivity contribution in [2.45, 2.75) is 49.7 Å². The fourth-order valence-corrected chi connectivity index (χ4v) is 2.97. The van der Waals surface area contributed by atoms with Gasteiger partial charge in [0.05, 0.1) is 13.0 Å². The van der Waals surface area contributed by atoms with Crippen LogP contribution in [0.3, 0.4) is 0 Å². The molecule has 0 aromatic heterocycles. The van der Waals surface area contributed by atoms with Gasteiger partial charge in [-0.3, -0.25) is 4.79 Å². The van der Waals surface area contributed by atoms with Crippen LogP contribution in [0.25, 0.3) is 0 Å². The summed E-state index contributed by atoms with van der Waals surface area (Å²) in [5, 5.41) is 43.1. The quantitative estimate of drug-likeness (QED) is 0.258. The standard InChI is InChI=1S/C19H26N2O10/c1-29-18-14(16(25)15(24)12(8-22)31-18)21-13(23)7-11(17(26)27)20-19(28)30-9-10-5-3-2-4-6-10/h2-6,11-12,14-16,18,22,24-25H,7-9H2,1H3,(H,20,28)(H,21,23)(H,26,27)/t11?,12-,14-,15-,16-,18-/m0/s1. The smallest absolute Gasteiger partial charge is 0.408 e. The fraction of sp³-hybridized carbons (Fsp3) is 0.526. The third kappa shape index (κ3) is 6.87. The third-order valence-corrected chi connectivity index (χ3v) is 4.63. The molecule has 6 atom stereocenters. The first kappa shape index (κ1) is 24.5. The minimum Gasteiger partial charge on any atom is -0.480 e. The van der Waals surface area contributed by atoms with Gasteiger partial charge in [0.15, 0.2) is 6.29 Å². The van der Waals surface area contributed by atoms with Crippen molar-refractivity contribution < 1.29 is 49.0 Å². The van der Waals surface area contributed by atoms with Gasteiger partial charge in [-0.25, -0.2) is 9.59 Å². The maximum Gasteiger partial charge on any atom is 0.408 e. The highest BCUT2D eigenvalue weighted by Crippen LogP contribution is 2.21. The normalized spacial score (nSPS) is 26.5. The van der Waals surface area contributed by atoms with Crippen LogP contribution in [0.2, 0.25) is 0 Å². The van der Waals surface area contributed by atoms with Crippen LogP contribution < -0.4 is 10.6 Å². The summed E-state index contributed by atoms with van der Waals surface area (Å²) in [5.41, 5.74) is 0.693. The zero-order valence-corrected chi connectivity index (χ0v) is 16.7. The second-order valence-corrected chi connectivity index (χ2v) is 6.84. The predicted molar refractivity (Wildman–Crippen MR) is 103 cm³/mol. The molecule has 0 bridgehead atoms. The molecule has 2 rings (SSSR count). The van der Waals surface area contributed by atoms with Gasteiger partial charge >= 0.3 is 12.1 Å². The van der Waals surface area contributed by atoms with Crippen molar-refractivity contribution >= 4 is 18.0 Å². The number of carboxylic acids is 1. The Morgan fingerprint density at radius 1 is 1.16 bits per heavy atom. The Morgan fingerprint density at radius 2 is 1.84 bits per heavy atom. The van der Waals surface area contributed by atoms with Crippen LogP contribution >= 0.6 is 0 Å². The number of nitrogens with one attached hydrogen (secondary N) is 2.